The first-order valence-electron chi connectivity index (χ1n) is 5.98. The molecule has 2 aromatic rings. The van der Waals surface area contributed by atoms with Gasteiger partial charge in [-0.25, -0.2) is 4.79 Å². The molecule has 7 nitrogen and oxygen atoms in total. The van der Waals surface area contributed by atoms with Crippen LogP contribution in [0.4, 0.5) is 18.0 Å². The molecule has 23 heavy (non-hydrogen) atoms. The van der Waals surface area contributed by atoms with E-state index in [-0.39, 0.29) is 11.0 Å². The van der Waals surface area contributed by atoms with Gasteiger partial charge in [-0.1, -0.05) is 17.8 Å². The Morgan fingerprint density at radius 3 is 2.78 bits per heavy atom. The summed E-state index contributed by atoms with van der Waals surface area (Å²) in [6, 6.07) is 2.37. The zero-order valence-electron chi connectivity index (χ0n) is 11.2. The van der Waals surface area contributed by atoms with Crippen molar-refractivity contribution < 1.29 is 27.2 Å². The molecule has 2 aromatic heterocycles. The largest absolute Gasteiger partial charge is 0.410 e. The molecule has 2 rings (SSSR count). The van der Waals surface area contributed by atoms with Crippen LogP contribution in [0.1, 0.15) is 0 Å². The predicted molar refractivity (Wildman–Crippen MR) is 75.9 cm³/mol. The van der Waals surface area contributed by atoms with Gasteiger partial charge < -0.3 is 9.73 Å². The molecule has 2 N–H and O–H groups in total. The molecule has 0 aliphatic carbocycles. The second kappa shape index (κ2) is 7.46. The second-order valence-electron chi connectivity index (χ2n) is 3.99. The lowest BCUT2D eigenvalue weighted by Gasteiger charge is -2.08. The number of imide groups is 1. The molecule has 0 saturated heterocycles. The third-order valence-electron chi connectivity index (χ3n) is 2.17. The molecule has 0 spiro atoms. The Hall–Kier alpha value is -2.08. The maximum absolute atomic E-state index is 11.9. The van der Waals surface area contributed by atoms with Crippen LogP contribution in [0.25, 0.3) is 10.8 Å². The second-order valence-corrected chi connectivity index (χ2v) is 5.86. The quantitative estimate of drug-likeness (QED) is 0.788. The Morgan fingerprint density at radius 2 is 2.13 bits per heavy atom. The summed E-state index contributed by atoms with van der Waals surface area (Å²) in [5.41, 5.74) is 0. The summed E-state index contributed by atoms with van der Waals surface area (Å²) in [6.07, 6.45) is -4.54. The molecule has 0 radical (unpaired) electrons. The number of amides is 3. The zero-order chi connectivity index (χ0) is 16.9. The van der Waals surface area contributed by atoms with Crippen LogP contribution >= 0.6 is 23.1 Å². The minimum absolute atomic E-state index is 0.110. The first-order valence-corrected chi connectivity index (χ1v) is 7.84. The van der Waals surface area contributed by atoms with Gasteiger partial charge in [-0.3, -0.25) is 10.1 Å². The maximum atomic E-state index is 11.9. The Morgan fingerprint density at radius 1 is 1.35 bits per heavy atom. The zero-order valence-corrected chi connectivity index (χ0v) is 12.8. The van der Waals surface area contributed by atoms with Crippen molar-refractivity contribution in [3.05, 3.63) is 17.5 Å². The first kappa shape index (κ1) is 17.3. The van der Waals surface area contributed by atoms with Crippen molar-refractivity contribution in [3.8, 4) is 10.8 Å². The van der Waals surface area contributed by atoms with Gasteiger partial charge in [0.15, 0.2) is 0 Å². The van der Waals surface area contributed by atoms with E-state index in [9.17, 15) is 22.8 Å². The van der Waals surface area contributed by atoms with E-state index in [1.54, 1.807) is 11.4 Å². The summed E-state index contributed by atoms with van der Waals surface area (Å²) in [5, 5.41) is 12.7. The third-order valence-corrected chi connectivity index (χ3v) is 3.84. The number of alkyl halides is 3. The Balaban J connectivity index is 1.75. The number of nitrogens with zero attached hydrogens (tertiary/aromatic N) is 2. The number of thiophene rings is 1. The molecule has 0 aliphatic rings. The minimum atomic E-state index is -4.54. The highest BCUT2D eigenvalue weighted by Crippen LogP contribution is 2.26. The van der Waals surface area contributed by atoms with Gasteiger partial charge in [0.05, 0.1) is 10.6 Å². The van der Waals surface area contributed by atoms with Crippen molar-refractivity contribution in [1.82, 2.24) is 20.8 Å². The molecule has 12 heteroatoms. The number of aromatic nitrogens is 2. The number of rotatable bonds is 5. The number of nitrogens with one attached hydrogen (secondary N) is 2. The van der Waals surface area contributed by atoms with Gasteiger partial charge in [-0.15, -0.1) is 21.5 Å². The molecule has 2 heterocycles. The average molecular weight is 366 g/mol. The lowest BCUT2D eigenvalue weighted by atomic mass is 10.5. The van der Waals surface area contributed by atoms with Crippen molar-refractivity contribution in [3.63, 3.8) is 0 Å². The summed E-state index contributed by atoms with van der Waals surface area (Å²) >= 11 is 2.26. The number of hydrogen-bond donors (Lipinski definition) is 2. The molecule has 3 amide bonds. The summed E-state index contributed by atoms with van der Waals surface area (Å²) < 4.78 is 40.9. The standard InChI is InChI=1S/C11H9F3N4O3S2/c12-11(13,14)5-15-9(20)16-7(19)4-23-10-18-17-8(21-10)6-2-1-3-22-6/h1-3H,4-5H2,(H2,15,16,19,20). The highest BCUT2D eigenvalue weighted by Gasteiger charge is 2.28. The SMILES string of the molecule is O=C(CSc1nnc(-c2cccs2)o1)NC(=O)NCC(F)(F)F. The molecule has 0 aliphatic heterocycles. The molecule has 0 saturated carbocycles. The monoisotopic (exact) mass is 366 g/mol. The maximum Gasteiger partial charge on any atom is 0.405 e. The van der Waals surface area contributed by atoms with E-state index >= 15 is 0 Å². The van der Waals surface area contributed by atoms with Gasteiger partial charge in [0.2, 0.25) is 5.91 Å². The van der Waals surface area contributed by atoms with Crippen LogP contribution < -0.4 is 10.6 Å². The van der Waals surface area contributed by atoms with Gasteiger partial charge >= 0.3 is 12.2 Å². The molecule has 124 valence electrons. The smallest absolute Gasteiger partial charge is 0.405 e. The van der Waals surface area contributed by atoms with E-state index in [1.807, 2.05) is 11.4 Å². The van der Waals surface area contributed by atoms with Gasteiger partial charge in [0.1, 0.15) is 6.54 Å². The van der Waals surface area contributed by atoms with Gasteiger partial charge in [-0.2, -0.15) is 13.2 Å². The number of thioether (sulfide) groups is 1. The highest BCUT2D eigenvalue weighted by molar-refractivity contribution is 7.99. The van der Waals surface area contributed by atoms with Crippen LogP contribution in [0.5, 0.6) is 0 Å². The van der Waals surface area contributed by atoms with Crippen LogP contribution in [0.2, 0.25) is 0 Å². The average Bonchev–Trinajstić information content (AvgIpc) is 3.13. The number of carbonyl (C=O) groups excluding carboxylic acids is 2. The van der Waals surface area contributed by atoms with Crippen molar-refractivity contribution in [2.75, 3.05) is 12.3 Å². The number of urea groups is 1. The van der Waals surface area contributed by atoms with Gasteiger partial charge in [-0.05, 0) is 11.4 Å². The van der Waals surface area contributed by atoms with E-state index in [2.05, 4.69) is 10.2 Å². The number of halogens is 3. The van der Waals surface area contributed by atoms with Crippen molar-refractivity contribution in [1.29, 1.82) is 0 Å². The number of carbonyl (C=O) groups is 2. The number of hydrogen-bond acceptors (Lipinski definition) is 7. The third kappa shape index (κ3) is 5.90. The fraction of sp³-hybridized carbons (Fsp3) is 0.273. The van der Waals surface area contributed by atoms with E-state index in [1.165, 1.54) is 16.7 Å². The molecule has 0 bridgehead atoms. The molecule has 0 unspecified atom stereocenters. The Labute approximate surface area is 135 Å². The molecular weight excluding hydrogens is 357 g/mol. The van der Waals surface area contributed by atoms with Crippen LogP contribution in [0.3, 0.4) is 0 Å². The Kier molecular flexibility index (Phi) is 5.60. The van der Waals surface area contributed by atoms with Crippen molar-refractivity contribution >= 4 is 35.0 Å². The highest BCUT2D eigenvalue weighted by atomic mass is 32.2. The summed E-state index contributed by atoms with van der Waals surface area (Å²) in [5.74, 6) is -0.748. The van der Waals surface area contributed by atoms with Gasteiger partial charge in [0, 0.05) is 0 Å². The lowest BCUT2D eigenvalue weighted by Crippen LogP contribution is -2.43. The predicted octanol–water partition coefficient (Wildman–Crippen LogP) is 2.28. The molecule has 0 fully saturated rings. The molecule has 0 aromatic carbocycles. The van der Waals surface area contributed by atoms with E-state index in [4.69, 9.17) is 4.42 Å². The first-order chi connectivity index (χ1) is 10.8. The van der Waals surface area contributed by atoms with E-state index in [0.717, 1.165) is 16.6 Å². The topological polar surface area (TPSA) is 97.1 Å². The minimum Gasteiger partial charge on any atom is -0.410 e. The fourth-order valence-corrected chi connectivity index (χ4v) is 2.49. The fourth-order valence-electron chi connectivity index (χ4n) is 1.28. The molecule has 0 atom stereocenters. The normalized spacial score (nSPS) is 11.3. The summed E-state index contributed by atoms with van der Waals surface area (Å²) in [4.78, 5) is 23.3. The van der Waals surface area contributed by atoms with Gasteiger partial charge in [0.25, 0.3) is 11.1 Å². The van der Waals surface area contributed by atoms with Crippen molar-refractivity contribution in [2.45, 2.75) is 11.4 Å². The van der Waals surface area contributed by atoms with Crippen LogP contribution in [-0.2, 0) is 4.79 Å². The van der Waals surface area contributed by atoms with Crippen molar-refractivity contribution in [2.24, 2.45) is 0 Å². The molecular formula is C11H9F3N4O3S2. The van der Waals surface area contributed by atoms with Crippen LogP contribution in [0, 0.1) is 0 Å². The Bertz CT molecular complexity index is 672. The van der Waals surface area contributed by atoms with E-state index < -0.39 is 24.7 Å². The summed E-state index contributed by atoms with van der Waals surface area (Å²) in [6.45, 7) is -1.52. The van der Waals surface area contributed by atoms with Crippen LogP contribution in [-0.4, -0.2) is 40.6 Å². The lowest BCUT2D eigenvalue weighted by molar-refractivity contribution is -0.124. The van der Waals surface area contributed by atoms with E-state index in [0.29, 0.717) is 5.89 Å². The van der Waals surface area contributed by atoms with Crippen LogP contribution in [0.15, 0.2) is 27.2 Å². The summed E-state index contributed by atoms with van der Waals surface area (Å²) in [7, 11) is 0.